The summed E-state index contributed by atoms with van der Waals surface area (Å²) >= 11 is 6.02. The molecule has 1 N–H and O–H groups in total. The summed E-state index contributed by atoms with van der Waals surface area (Å²) in [6.07, 6.45) is 0.743. The number of nitrogens with zero attached hydrogens (tertiary/aromatic N) is 1. The molecule has 0 spiro atoms. The van der Waals surface area contributed by atoms with Crippen molar-refractivity contribution in [3.63, 3.8) is 0 Å². The Labute approximate surface area is 163 Å². The summed E-state index contributed by atoms with van der Waals surface area (Å²) in [5.74, 6) is -1.30. The second-order valence-electron chi connectivity index (χ2n) is 6.11. The zero-order valence-corrected chi connectivity index (χ0v) is 16.8. The number of hydrogen-bond donors (Lipinski definition) is 1. The van der Waals surface area contributed by atoms with Gasteiger partial charge in [0.15, 0.2) is 6.61 Å². The molecule has 1 unspecified atom stereocenters. The number of ether oxygens (including phenoxy) is 2. The third-order valence-corrected chi connectivity index (χ3v) is 6.34. The lowest BCUT2D eigenvalue weighted by molar-refractivity contribution is -0.124. The van der Waals surface area contributed by atoms with E-state index in [0.29, 0.717) is 13.2 Å². The number of amides is 1. The molecule has 1 amide bonds. The Kier molecular flexibility index (Phi) is 7.60. The van der Waals surface area contributed by atoms with Gasteiger partial charge in [-0.1, -0.05) is 18.5 Å². The van der Waals surface area contributed by atoms with Crippen LogP contribution in [-0.4, -0.2) is 63.6 Å². The SMILES string of the molecule is CCC(C)NC(=O)COC(=O)c1cc(S(=O)(=O)N2CCOCC2)ccc1Cl. The molecule has 0 saturated carbocycles. The fourth-order valence-corrected chi connectivity index (χ4v) is 4.01. The summed E-state index contributed by atoms with van der Waals surface area (Å²) in [6.45, 7) is 4.37. The zero-order chi connectivity index (χ0) is 20.0. The highest BCUT2D eigenvalue weighted by Crippen LogP contribution is 2.24. The summed E-state index contributed by atoms with van der Waals surface area (Å²) < 4.78 is 36.8. The van der Waals surface area contributed by atoms with E-state index in [2.05, 4.69) is 5.32 Å². The van der Waals surface area contributed by atoms with E-state index in [0.717, 1.165) is 6.42 Å². The number of nitrogens with one attached hydrogen (secondary N) is 1. The molecule has 1 aromatic rings. The average Bonchev–Trinajstić information content (AvgIpc) is 2.66. The molecule has 8 nitrogen and oxygen atoms in total. The van der Waals surface area contributed by atoms with Gasteiger partial charge in [-0.25, -0.2) is 13.2 Å². The number of carbonyl (C=O) groups excluding carboxylic acids is 2. The lowest BCUT2D eigenvalue weighted by atomic mass is 10.2. The van der Waals surface area contributed by atoms with Gasteiger partial charge in [-0.3, -0.25) is 4.79 Å². The van der Waals surface area contributed by atoms with Gasteiger partial charge >= 0.3 is 5.97 Å². The van der Waals surface area contributed by atoms with Gasteiger partial charge in [0.2, 0.25) is 10.0 Å². The van der Waals surface area contributed by atoms with Crippen LogP contribution in [0, 0.1) is 0 Å². The van der Waals surface area contributed by atoms with Crippen molar-refractivity contribution in [3.8, 4) is 0 Å². The van der Waals surface area contributed by atoms with Crippen molar-refractivity contribution in [2.75, 3.05) is 32.9 Å². The molecule has 1 aromatic carbocycles. The molecule has 0 radical (unpaired) electrons. The summed E-state index contributed by atoms with van der Waals surface area (Å²) in [5.41, 5.74) is -0.109. The second-order valence-corrected chi connectivity index (χ2v) is 8.46. The fraction of sp³-hybridized carbons (Fsp3) is 0.529. The zero-order valence-electron chi connectivity index (χ0n) is 15.2. The lowest BCUT2D eigenvalue weighted by Gasteiger charge is -2.26. The molecule has 1 atom stereocenters. The van der Waals surface area contributed by atoms with Gasteiger partial charge < -0.3 is 14.8 Å². The van der Waals surface area contributed by atoms with Crippen LogP contribution in [0.3, 0.4) is 0 Å². The average molecular weight is 419 g/mol. The Balaban J connectivity index is 2.12. The van der Waals surface area contributed by atoms with Crippen LogP contribution in [0.1, 0.15) is 30.6 Å². The minimum absolute atomic E-state index is 0.0400. The predicted octanol–water partition coefficient (Wildman–Crippen LogP) is 1.43. The standard InChI is InChI=1S/C17H23ClN2O6S/c1-3-12(2)19-16(21)11-26-17(22)14-10-13(4-5-15(14)18)27(23,24)20-6-8-25-9-7-20/h4-5,10,12H,3,6-9,11H2,1-2H3,(H,19,21). The van der Waals surface area contributed by atoms with Crippen molar-refractivity contribution in [2.24, 2.45) is 0 Å². The van der Waals surface area contributed by atoms with E-state index in [1.807, 2.05) is 13.8 Å². The number of rotatable bonds is 7. The van der Waals surface area contributed by atoms with Crippen LogP contribution in [0.2, 0.25) is 5.02 Å². The molecule has 0 aromatic heterocycles. The van der Waals surface area contributed by atoms with E-state index < -0.39 is 28.5 Å². The van der Waals surface area contributed by atoms with Gasteiger partial charge in [-0.15, -0.1) is 0 Å². The third kappa shape index (κ3) is 5.65. The minimum atomic E-state index is -3.78. The van der Waals surface area contributed by atoms with Crippen molar-refractivity contribution in [1.29, 1.82) is 0 Å². The topological polar surface area (TPSA) is 102 Å². The highest BCUT2D eigenvalue weighted by Gasteiger charge is 2.28. The van der Waals surface area contributed by atoms with Crippen LogP contribution in [-0.2, 0) is 24.3 Å². The number of halogens is 1. The maximum absolute atomic E-state index is 12.7. The Morgan fingerprint density at radius 1 is 1.33 bits per heavy atom. The van der Waals surface area contributed by atoms with Crippen molar-refractivity contribution in [3.05, 3.63) is 28.8 Å². The molecular weight excluding hydrogens is 396 g/mol. The monoisotopic (exact) mass is 418 g/mol. The summed E-state index contributed by atoms with van der Waals surface area (Å²) in [7, 11) is -3.78. The molecular formula is C17H23ClN2O6S. The van der Waals surface area contributed by atoms with Crippen LogP contribution in [0.25, 0.3) is 0 Å². The van der Waals surface area contributed by atoms with E-state index in [1.54, 1.807) is 0 Å². The first-order chi connectivity index (χ1) is 12.8. The molecule has 27 heavy (non-hydrogen) atoms. The molecule has 2 rings (SSSR count). The van der Waals surface area contributed by atoms with Gasteiger partial charge in [0.25, 0.3) is 5.91 Å². The Morgan fingerprint density at radius 2 is 2.00 bits per heavy atom. The maximum Gasteiger partial charge on any atom is 0.340 e. The molecule has 10 heteroatoms. The maximum atomic E-state index is 12.7. The van der Waals surface area contributed by atoms with E-state index in [9.17, 15) is 18.0 Å². The van der Waals surface area contributed by atoms with Crippen molar-refractivity contribution in [1.82, 2.24) is 9.62 Å². The molecule has 1 saturated heterocycles. The molecule has 1 aliphatic rings. The van der Waals surface area contributed by atoms with E-state index in [1.165, 1.54) is 22.5 Å². The first kappa shape index (κ1) is 21.6. The highest BCUT2D eigenvalue weighted by atomic mass is 35.5. The number of esters is 1. The summed E-state index contributed by atoms with van der Waals surface area (Å²) in [5, 5.41) is 2.71. The minimum Gasteiger partial charge on any atom is -0.452 e. The normalized spacial score (nSPS) is 16.6. The Bertz CT molecular complexity index is 793. The Morgan fingerprint density at radius 3 is 2.63 bits per heavy atom. The summed E-state index contributed by atoms with van der Waals surface area (Å²) in [4.78, 5) is 23.9. The second kappa shape index (κ2) is 9.50. The van der Waals surface area contributed by atoms with E-state index >= 15 is 0 Å². The number of hydrogen-bond acceptors (Lipinski definition) is 6. The molecule has 150 valence electrons. The van der Waals surface area contributed by atoms with E-state index in [-0.39, 0.29) is 34.6 Å². The van der Waals surface area contributed by atoms with Crippen molar-refractivity contribution in [2.45, 2.75) is 31.2 Å². The van der Waals surface area contributed by atoms with Crippen molar-refractivity contribution < 1.29 is 27.5 Å². The van der Waals surface area contributed by atoms with Crippen LogP contribution in [0.4, 0.5) is 0 Å². The van der Waals surface area contributed by atoms with Gasteiger partial charge in [-0.05, 0) is 31.5 Å². The van der Waals surface area contributed by atoms with Crippen LogP contribution in [0.15, 0.2) is 23.1 Å². The smallest absolute Gasteiger partial charge is 0.340 e. The fourth-order valence-electron chi connectivity index (χ4n) is 2.38. The van der Waals surface area contributed by atoms with Crippen LogP contribution >= 0.6 is 11.6 Å². The predicted molar refractivity (Wildman–Crippen MR) is 99.2 cm³/mol. The van der Waals surface area contributed by atoms with Gasteiger partial charge in [0, 0.05) is 19.1 Å². The van der Waals surface area contributed by atoms with Gasteiger partial charge in [-0.2, -0.15) is 4.31 Å². The number of sulfonamides is 1. The third-order valence-electron chi connectivity index (χ3n) is 4.12. The van der Waals surface area contributed by atoms with Gasteiger partial charge in [0.05, 0.1) is 28.7 Å². The quantitative estimate of drug-likeness (QED) is 0.672. The molecule has 1 heterocycles. The lowest BCUT2D eigenvalue weighted by Crippen LogP contribution is -2.40. The molecule has 0 bridgehead atoms. The van der Waals surface area contributed by atoms with E-state index in [4.69, 9.17) is 21.1 Å². The number of carbonyl (C=O) groups is 2. The molecule has 0 aliphatic carbocycles. The Hall–Kier alpha value is -1.68. The van der Waals surface area contributed by atoms with Crippen molar-refractivity contribution >= 4 is 33.5 Å². The first-order valence-corrected chi connectivity index (χ1v) is 10.4. The molecule has 1 fully saturated rings. The number of morpholine rings is 1. The first-order valence-electron chi connectivity index (χ1n) is 8.59. The summed E-state index contributed by atoms with van der Waals surface area (Å²) in [6, 6.07) is 3.79. The molecule has 1 aliphatic heterocycles. The van der Waals surface area contributed by atoms with Gasteiger partial charge in [0.1, 0.15) is 0 Å². The van der Waals surface area contributed by atoms with Crippen LogP contribution in [0.5, 0.6) is 0 Å². The van der Waals surface area contributed by atoms with Crippen LogP contribution < -0.4 is 5.32 Å². The largest absolute Gasteiger partial charge is 0.452 e. The highest BCUT2D eigenvalue weighted by molar-refractivity contribution is 7.89. The number of benzene rings is 1.